The van der Waals surface area contributed by atoms with E-state index in [9.17, 15) is 9.18 Å². The highest BCUT2D eigenvalue weighted by Crippen LogP contribution is 2.25. The molecule has 0 unspecified atom stereocenters. The van der Waals surface area contributed by atoms with Crippen LogP contribution in [0.25, 0.3) is 0 Å². The van der Waals surface area contributed by atoms with Crippen LogP contribution in [0.5, 0.6) is 0 Å². The fourth-order valence-corrected chi connectivity index (χ4v) is 1.39. The monoisotopic (exact) mass is 258 g/mol. The van der Waals surface area contributed by atoms with Crippen LogP contribution in [0.3, 0.4) is 0 Å². The van der Waals surface area contributed by atoms with Crippen LogP contribution in [0.2, 0.25) is 0 Å². The first-order valence-electron chi connectivity index (χ1n) is 4.77. The van der Waals surface area contributed by atoms with E-state index in [1.54, 1.807) is 6.92 Å². The summed E-state index contributed by atoms with van der Waals surface area (Å²) in [5.41, 5.74) is 6.10. The number of esters is 1. The van der Waals surface area contributed by atoms with Crippen LogP contribution in [-0.2, 0) is 4.74 Å². The average molecular weight is 259 g/mol. The van der Waals surface area contributed by atoms with E-state index < -0.39 is 11.8 Å². The highest BCUT2D eigenvalue weighted by Gasteiger charge is 2.17. The Kier molecular flexibility index (Phi) is 4.45. The van der Waals surface area contributed by atoms with E-state index in [1.807, 2.05) is 0 Å². The number of hydrogen-bond donors (Lipinski definition) is 1. The molecule has 1 rings (SSSR count). The van der Waals surface area contributed by atoms with E-state index in [2.05, 4.69) is 9.73 Å². The molecule has 0 aromatic heterocycles. The predicted octanol–water partition coefficient (Wildman–Crippen LogP) is 2.15. The van der Waals surface area contributed by atoms with E-state index in [4.69, 9.17) is 17.3 Å². The van der Waals surface area contributed by atoms with Gasteiger partial charge in [-0.1, -0.05) is 0 Å². The van der Waals surface area contributed by atoms with Crippen LogP contribution in [-0.4, -0.2) is 24.8 Å². The minimum atomic E-state index is -0.749. The zero-order valence-corrected chi connectivity index (χ0v) is 10.2. The molecule has 0 saturated carbocycles. The van der Waals surface area contributed by atoms with E-state index >= 15 is 0 Å². The predicted molar refractivity (Wildman–Crippen MR) is 64.5 cm³/mol. The van der Waals surface area contributed by atoms with Gasteiger partial charge in [0.15, 0.2) is 0 Å². The number of rotatable bonds is 3. The number of nitrogens with two attached hydrogens (primary N) is 1. The second-order valence-electron chi connectivity index (χ2n) is 3.29. The number of benzene rings is 1. The number of amidine groups is 1. The molecule has 4 nitrogen and oxygen atoms in total. The number of ether oxygens (including phenoxy) is 1. The van der Waals surface area contributed by atoms with Gasteiger partial charge < -0.3 is 10.5 Å². The molecule has 0 aliphatic rings. The maximum Gasteiger partial charge on any atom is 0.341 e. The van der Waals surface area contributed by atoms with Crippen molar-refractivity contribution in [2.45, 2.75) is 6.92 Å². The molecule has 0 bridgehead atoms. The van der Waals surface area contributed by atoms with Gasteiger partial charge in [0, 0.05) is 0 Å². The third-order valence-corrected chi connectivity index (χ3v) is 2.45. The van der Waals surface area contributed by atoms with Crippen molar-refractivity contribution in [3.63, 3.8) is 0 Å². The molecule has 92 valence electrons. The Labute approximate surface area is 103 Å². The van der Waals surface area contributed by atoms with Crippen LogP contribution in [0.4, 0.5) is 10.1 Å². The summed E-state index contributed by atoms with van der Waals surface area (Å²) in [4.78, 5) is 15.4. The first-order valence-corrected chi connectivity index (χ1v) is 5.31. The summed E-state index contributed by atoms with van der Waals surface area (Å²) in [6, 6.07) is 2.57. The summed E-state index contributed by atoms with van der Waals surface area (Å²) in [5, 5.41) is 0. The lowest BCUT2D eigenvalue weighted by atomic mass is 10.1. The van der Waals surface area contributed by atoms with Crippen molar-refractivity contribution in [2.24, 2.45) is 10.7 Å². The normalized spacial score (nSPS) is 11.4. The van der Waals surface area contributed by atoms with Gasteiger partial charge in [0.2, 0.25) is 0 Å². The molecular formula is C11H12ClFN2O2. The summed E-state index contributed by atoms with van der Waals surface area (Å²) in [6.45, 7) is 1.57. The molecule has 0 atom stereocenters. The van der Waals surface area contributed by atoms with Gasteiger partial charge in [0.05, 0.1) is 18.7 Å². The molecule has 0 amide bonds. The van der Waals surface area contributed by atoms with Gasteiger partial charge in [-0.2, -0.15) is 0 Å². The topological polar surface area (TPSA) is 64.7 Å². The molecule has 6 heteroatoms. The second-order valence-corrected chi connectivity index (χ2v) is 3.56. The third kappa shape index (κ3) is 2.94. The lowest BCUT2D eigenvalue weighted by Crippen LogP contribution is -2.13. The van der Waals surface area contributed by atoms with Crippen molar-refractivity contribution in [3.05, 3.63) is 29.1 Å². The minimum absolute atomic E-state index is 0.0599. The smallest absolute Gasteiger partial charge is 0.341 e. The van der Waals surface area contributed by atoms with Crippen molar-refractivity contribution >= 4 is 29.1 Å². The molecule has 0 heterocycles. The molecule has 0 spiro atoms. The van der Waals surface area contributed by atoms with Gasteiger partial charge >= 0.3 is 5.97 Å². The SMILES string of the molecule is COC(=O)c1c(F)ccc(N=C(N)CCl)c1C. The number of carbonyl (C=O) groups is 1. The molecule has 1 aromatic carbocycles. The number of aliphatic imine (C=N–C) groups is 1. The first kappa shape index (κ1) is 13.4. The molecule has 0 aliphatic heterocycles. The number of methoxy groups -OCH3 is 1. The second kappa shape index (κ2) is 5.63. The summed E-state index contributed by atoms with van der Waals surface area (Å²) < 4.78 is 18.0. The maximum atomic E-state index is 13.5. The van der Waals surface area contributed by atoms with Crippen molar-refractivity contribution in [1.29, 1.82) is 0 Å². The zero-order valence-electron chi connectivity index (χ0n) is 9.46. The Hall–Kier alpha value is -1.62. The van der Waals surface area contributed by atoms with Crippen LogP contribution >= 0.6 is 11.6 Å². The van der Waals surface area contributed by atoms with E-state index in [0.29, 0.717) is 11.3 Å². The molecule has 2 N–H and O–H groups in total. The Morgan fingerprint density at radius 2 is 2.24 bits per heavy atom. The number of halogens is 2. The molecule has 17 heavy (non-hydrogen) atoms. The number of carbonyl (C=O) groups excluding carboxylic acids is 1. The summed E-state index contributed by atoms with van der Waals surface area (Å²) in [5.74, 6) is -1.15. The third-order valence-electron chi connectivity index (χ3n) is 2.18. The summed E-state index contributed by atoms with van der Waals surface area (Å²) in [7, 11) is 1.18. The minimum Gasteiger partial charge on any atom is -0.465 e. The molecular weight excluding hydrogens is 247 g/mol. The standard InChI is InChI=1S/C11H12ClFN2O2/c1-6-8(15-9(14)5-12)4-3-7(13)10(6)11(16)17-2/h3-4H,5H2,1-2H3,(H2,14,15). The fraction of sp³-hybridized carbons (Fsp3) is 0.273. The first-order chi connectivity index (χ1) is 8.01. The van der Waals surface area contributed by atoms with Gasteiger partial charge in [-0.05, 0) is 24.6 Å². The Morgan fingerprint density at radius 3 is 2.76 bits per heavy atom. The fourth-order valence-electron chi connectivity index (χ4n) is 1.33. The van der Waals surface area contributed by atoms with Gasteiger partial charge in [0.25, 0.3) is 0 Å². The highest BCUT2D eigenvalue weighted by molar-refractivity contribution is 6.28. The van der Waals surface area contributed by atoms with Gasteiger partial charge in [-0.15, -0.1) is 11.6 Å². The Balaban J connectivity index is 3.33. The summed E-state index contributed by atoms with van der Waals surface area (Å²) >= 11 is 5.49. The number of nitrogens with zero attached hydrogens (tertiary/aromatic N) is 1. The largest absolute Gasteiger partial charge is 0.465 e. The Morgan fingerprint density at radius 1 is 1.59 bits per heavy atom. The summed E-state index contributed by atoms with van der Waals surface area (Å²) in [6.07, 6.45) is 0. The van der Waals surface area contributed by atoms with E-state index in [1.165, 1.54) is 13.2 Å². The lowest BCUT2D eigenvalue weighted by molar-refractivity contribution is 0.0594. The van der Waals surface area contributed by atoms with Crippen molar-refractivity contribution in [1.82, 2.24) is 0 Å². The lowest BCUT2D eigenvalue weighted by Gasteiger charge is -2.08. The molecule has 0 aliphatic carbocycles. The zero-order chi connectivity index (χ0) is 13.0. The van der Waals surface area contributed by atoms with Crippen LogP contribution < -0.4 is 5.73 Å². The van der Waals surface area contributed by atoms with E-state index in [-0.39, 0.29) is 17.3 Å². The number of hydrogen-bond acceptors (Lipinski definition) is 3. The van der Waals surface area contributed by atoms with Gasteiger partial charge in [0.1, 0.15) is 17.2 Å². The van der Waals surface area contributed by atoms with E-state index in [0.717, 1.165) is 6.07 Å². The van der Waals surface area contributed by atoms with Crippen molar-refractivity contribution in [2.75, 3.05) is 13.0 Å². The highest BCUT2D eigenvalue weighted by atomic mass is 35.5. The van der Waals surface area contributed by atoms with Gasteiger partial charge in [-0.25, -0.2) is 14.2 Å². The molecule has 0 radical (unpaired) electrons. The van der Waals surface area contributed by atoms with Crippen LogP contribution in [0.1, 0.15) is 15.9 Å². The van der Waals surface area contributed by atoms with Crippen molar-refractivity contribution < 1.29 is 13.9 Å². The molecule has 0 fully saturated rings. The maximum absolute atomic E-state index is 13.5. The quantitative estimate of drug-likeness (QED) is 0.391. The Bertz CT molecular complexity index is 475. The molecule has 1 aromatic rings. The number of alkyl halides is 1. The molecule has 0 saturated heterocycles. The van der Waals surface area contributed by atoms with Crippen molar-refractivity contribution in [3.8, 4) is 0 Å². The van der Waals surface area contributed by atoms with Crippen LogP contribution in [0, 0.1) is 12.7 Å². The van der Waals surface area contributed by atoms with Gasteiger partial charge in [-0.3, -0.25) is 0 Å². The average Bonchev–Trinajstić information content (AvgIpc) is 2.32. The van der Waals surface area contributed by atoms with Crippen LogP contribution in [0.15, 0.2) is 17.1 Å².